The second kappa shape index (κ2) is 10.1. The topological polar surface area (TPSA) is 113 Å². The molecule has 0 aliphatic carbocycles. The van der Waals surface area contributed by atoms with E-state index in [0.717, 1.165) is 22.4 Å². The normalized spacial score (nSPS) is 11.3. The molecule has 1 amide bonds. The molecule has 0 saturated heterocycles. The lowest BCUT2D eigenvalue weighted by atomic mass is 10.1. The van der Waals surface area contributed by atoms with Crippen molar-refractivity contribution in [3.05, 3.63) is 107 Å². The number of rotatable bonds is 8. The second-order valence-electron chi connectivity index (χ2n) is 8.14. The summed E-state index contributed by atoms with van der Waals surface area (Å²) < 4.78 is 27.6. The molecule has 35 heavy (non-hydrogen) atoms. The minimum absolute atomic E-state index is 0. The molecule has 4 aromatic rings. The van der Waals surface area contributed by atoms with Gasteiger partial charge in [-0.1, -0.05) is 48.5 Å². The number of carbonyl (C=O) groups excluding carboxylic acids is 1. The highest BCUT2D eigenvalue weighted by Gasteiger charge is 2.17. The van der Waals surface area contributed by atoms with Gasteiger partial charge in [0.2, 0.25) is 10.0 Å². The Hall–Kier alpha value is -4.01. The highest BCUT2D eigenvalue weighted by atomic mass is 32.2. The van der Waals surface area contributed by atoms with Gasteiger partial charge >= 0.3 is 5.97 Å². The van der Waals surface area contributed by atoms with E-state index in [1.54, 1.807) is 25.1 Å². The lowest BCUT2D eigenvalue weighted by molar-refractivity contribution is 0.0695. The Morgan fingerprint density at radius 1 is 0.886 bits per heavy atom. The Balaban J connectivity index is 0.00000361. The predicted octanol–water partition coefficient (Wildman–Crippen LogP) is 4.87. The van der Waals surface area contributed by atoms with Gasteiger partial charge in [-0.25, -0.2) is 17.9 Å². The fraction of sp³-hybridized carbons (Fsp3) is 0.111. The zero-order valence-electron chi connectivity index (χ0n) is 19.0. The highest BCUT2D eigenvalue weighted by Crippen LogP contribution is 2.18. The largest absolute Gasteiger partial charge is 0.478 e. The summed E-state index contributed by atoms with van der Waals surface area (Å²) in [5.74, 6) is -1.39. The fourth-order valence-corrected chi connectivity index (χ4v) is 4.76. The molecule has 8 heteroatoms. The van der Waals surface area contributed by atoms with E-state index in [1.165, 1.54) is 12.1 Å². The van der Waals surface area contributed by atoms with Crippen LogP contribution in [-0.2, 0) is 16.4 Å². The number of sulfonamides is 1. The van der Waals surface area contributed by atoms with E-state index in [-0.39, 0.29) is 24.3 Å². The van der Waals surface area contributed by atoms with Crippen LogP contribution in [0.3, 0.4) is 0 Å². The third-order valence-electron chi connectivity index (χ3n) is 5.68. The zero-order chi connectivity index (χ0) is 25.0. The molecule has 0 aliphatic heterocycles. The number of anilines is 1. The van der Waals surface area contributed by atoms with Crippen LogP contribution in [0.15, 0.2) is 89.8 Å². The molecule has 0 saturated carbocycles. The third kappa shape index (κ3) is 5.74. The molecule has 3 N–H and O–H groups in total. The van der Waals surface area contributed by atoms with Crippen LogP contribution in [0, 0.1) is 6.92 Å². The fourth-order valence-electron chi connectivity index (χ4n) is 3.70. The molecule has 0 unspecified atom stereocenters. The molecule has 0 aromatic heterocycles. The molecule has 0 bridgehead atoms. The number of nitrogens with one attached hydrogen (secondary N) is 2. The summed E-state index contributed by atoms with van der Waals surface area (Å²) in [6.45, 7) is 1.75. The minimum Gasteiger partial charge on any atom is -0.478 e. The van der Waals surface area contributed by atoms with Crippen LogP contribution < -0.4 is 10.0 Å². The first kappa shape index (κ1) is 24.1. The van der Waals surface area contributed by atoms with Crippen LogP contribution in [0.5, 0.6) is 0 Å². The Kier molecular flexibility index (Phi) is 6.95. The quantitative estimate of drug-likeness (QED) is 0.326. The lowest BCUT2D eigenvalue weighted by Crippen LogP contribution is -2.26. The van der Waals surface area contributed by atoms with Gasteiger partial charge in [-0.2, -0.15) is 0 Å². The second-order valence-corrected chi connectivity index (χ2v) is 9.91. The minimum atomic E-state index is -3.84. The van der Waals surface area contributed by atoms with Crippen LogP contribution in [0.2, 0.25) is 0 Å². The van der Waals surface area contributed by atoms with Gasteiger partial charge in [-0.3, -0.25) is 4.79 Å². The van der Waals surface area contributed by atoms with Crippen LogP contribution in [0.4, 0.5) is 5.69 Å². The summed E-state index contributed by atoms with van der Waals surface area (Å²) in [6, 6.07) is 24.6. The van der Waals surface area contributed by atoms with Crippen molar-refractivity contribution >= 4 is 38.4 Å². The van der Waals surface area contributed by atoms with E-state index in [9.17, 15) is 23.1 Å². The van der Waals surface area contributed by atoms with Crippen molar-refractivity contribution in [2.45, 2.75) is 18.2 Å². The number of hydrogen-bond donors (Lipinski definition) is 3. The SMILES string of the molecule is Cc1ccc(S(=O)(=O)NCCc2ccc(NC(=O)c3ccc4ccccc4c3)cc2)cc1C(=O)O.[HH]. The van der Waals surface area contributed by atoms with Gasteiger partial charge in [-0.15, -0.1) is 0 Å². The average Bonchev–Trinajstić information content (AvgIpc) is 2.84. The van der Waals surface area contributed by atoms with E-state index >= 15 is 0 Å². The number of aromatic carboxylic acids is 1. The maximum absolute atomic E-state index is 12.6. The highest BCUT2D eigenvalue weighted by molar-refractivity contribution is 7.89. The molecule has 180 valence electrons. The predicted molar refractivity (Wildman–Crippen MR) is 137 cm³/mol. The Morgan fingerprint density at radius 3 is 2.31 bits per heavy atom. The lowest BCUT2D eigenvalue weighted by Gasteiger charge is -2.10. The Morgan fingerprint density at radius 2 is 1.60 bits per heavy atom. The summed E-state index contributed by atoms with van der Waals surface area (Å²) in [6.07, 6.45) is 0.426. The zero-order valence-corrected chi connectivity index (χ0v) is 19.8. The molecule has 0 heterocycles. The van der Waals surface area contributed by atoms with Gasteiger partial charge in [-0.05, 0) is 71.6 Å². The number of carboxylic acids is 1. The first-order chi connectivity index (χ1) is 16.7. The smallest absolute Gasteiger partial charge is 0.335 e. The van der Waals surface area contributed by atoms with Crippen molar-refractivity contribution in [2.75, 3.05) is 11.9 Å². The van der Waals surface area contributed by atoms with Crippen molar-refractivity contribution in [3.8, 4) is 0 Å². The summed E-state index contributed by atoms with van der Waals surface area (Å²) >= 11 is 0. The molecular weight excluding hydrogens is 464 g/mol. The van der Waals surface area contributed by atoms with Gasteiger partial charge in [0.05, 0.1) is 10.5 Å². The molecule has 0 fully saturated rings. The number of hydrogen-bond acceptors (Lipinski definition) is 4. The van der Waals surface area contributed by atoms with Gasteiger partial charge < -0.3 is 10.4 Å². The van der Waals surface area contributed by atoms with E-state index in [4.69, 9.17) is 0 Å². The van der Waals surface area contributed by atoms with Gasteiger partial charge in [0.15, 0.2) is 0 Å². The van der Waals surface area contributed by atoms with Gasteiger partial charge in [0.1, 0.15) is 0 Å². The molecular formula is C27H26N2O5S. The number of benzene rings is 4. The molecule has 4 aromatic carbocycles. The first-order valence-corrected chi connectivity index (χ1v) is 12.4. The number of aryl methyl sites for hydroxylation is 1. The summed E-state index contributed by atoms with van der Waals surface area (Å²) in [5.41, 5.74) is 2.52. The monoisotopic (exact) mass is 490 g/mol. The van der Waals surface area contributed by atoms with Gasteiger partial charge in [0, 0.05) is 19.2 Å². The number of carboxylic acid groups (broad SMARTS) is 1. The van der Waals surface area contributed by atoms with E-state index < -0.39 is 16.0 Å². The Labute approximate surface area is 205 Å². The van der Waals surface area contributed by atoms with E-state index in [1.807, 2.05) is 48.5 Å². The van der Waals surface area contributed by atoms with E-state index in [0.29, 0.717) is 23.2 Å². The molecule has 7 nitrogen and oxygen atoms in total. The van der Waals surface area contributed by atoms with Crippen LogP contribution in [0.25, 0.3) is 10.8 Å². The summed E-state index contributed by atoms with van der Waals surface area (Å²) in [4.78, 5) is 23.8. The average molecular weight is 491 g/mol. The number of carbonyl (C=O) groups is 2. The van der Waals surface area contributed by atoms with E-state index in [2.05, 4.69) is 10.0 Å². The molecule has 0 radical (unpaired) electrons. The van der Waals surface area contributed by atoms with Crippen LogP contribution >= 0.6 is 0 Å². The van der Waals surface area contributed by atoms with Crippen molar-refractivity contribution < 1.29 is 24.5 Å². The maximum atomic E-state index is 12.6. The van der Waals surface area contributed by atoms with Crippen molar-refractivity contribution in [2.24, 2.45) is 0 Å². The van der Waals surface area contributed by atoms with Crippen LogP contribution in [-0.4, -0.2) is 31.9 Å². The summed E-state index contributed by atoms with van der Waals surface area (Å²) in [7, 11) is -3.84. The van der Waals surface area contributed by atoms with Crippen molar-refractivity contribution in [1.29, 1.82) is 0 Å². The third-order valence-corrected chi connectivity index (χ3v) is 7.14. The molecule has 0 spiro atoms. The first-order valence-electron chi connectivity index (χ1n) is 11.0. The van der Waals surface area contributed by atoms with Gasteiger partial charge in [0.25, 0.3) is 5.91 Å². The standard InChI is InChI=1S/C27H24N2O5S.H2/c1-18-6-13-24(17-25(18)27(31)32)35(33,34)28-15-14-19-7-11-23(12-8-19)29-26(30)22-10-9-20-4-2-3-5-21(20)16-22;/h2-13,16-17,28H,14-15H2,1H3,(H,29,30)(H,31,32);1H. The number of fused-ring (bicyclic) bond motifs is 1. The summed E-state index contributed by atoms with van der Waals surface area (Å²) in [5, 5.41) is 14.1. The Bertz CT molecular complexity index is 1520. The van der Waals surface area contributed by atoms with Crippen molar-refractivity contribution in [3.63, 3.8) is 0 Å². The molecule has 0 atom stereocenters. The number of amides is 1. The van der Waals surface area contributed by atoms with Crippen LogP contribution in [0.1, 0.15) is 33.3 Å². The maximum Gasteiger partial charge on any atom is 0.335 e. The molecule has 0 aliphatic rings. The van der Waals surface area contributed by atoms with Crippen molar-refractivity contribution in [1.82, 2.24) is 4.72 Å². The molecule has 4 rings (SSSR count).